The number of nitrogens with zero attached hydrogens (tertiary/aromatic N) is 3. The van der Waals surface area contributed by atoms with Gasteiger partial charge in [0, 0.05) is 48.8 Å². The summed E-state index contributed by atoms with van der Waals surface area (Å²) in [5.41, 5.74) is 5.15. The molecule has 0 radical (unpaired) electrons. The number of hydrogen-bond acceptors (Lipinski definition) is 4. The number of carbonyl (C=O) groups is 1. The molecule has 4 aromatic rings. The van der Waals surface area contributed by atoms with Crippen LogP contribution in [0.1, 0.15) is 10.5 Å². The molecule has 4 heterocycles. The highest BCUT2D eigenvalue weighted by molar-refractivity contribution is 6.05. The largest absolute Gasteiger partial charge is 0.351 e. The first-order chi connectivity index (χ1) is 13.3. The molecule has 1 aliphatic heterocycles. The van der Waals surface area contributed by atoms with Crippen LogP contribution in [0.25, 0.3) is 22.0 Å². The Morgan fingerprint density at radius 1 is 1.04 bits per heavy atom. The lowest BCUT2D eigenvalue weighted by molar-refractivity contribution is 0.0929. The van der Waals surface area contributed by atoms with E-state index in [1.807, 2.05) is 53.2 Å². The van der Waals surface area contributed by atoms with Gasteiger partial charge < -0.3 is 15.2 Å². The minimum Gasteiger partial charge on any atom is -0.351 e. The van der Waals surface area contributed by atoms with E-state index in [-0.39, 0.29) is 5.91 Å². The van der Waals surface area contributed by atoms with Crippen molar-refractivity contribution in [3.8, 4) is 11.1 Å². The maximum atomic E-state index is 12.6. The van der Waals surface area contributed by atoms with Crippen molar-refractivity contribution in [2.75, 3.05) is 11.9 Å². The van der Waals surface area contributed by atoms with E-state index in [0.29, 0.717) is 12.2 Å². The normalized spacial score (nSPS) is 13.3. The second kappa shape index (κ2) is 6.25. The number of fused-ring (bicyclic) bond motifs is 2. The lowest BCUT2D eigenvalue weighted by atomic mass is 10.1. The topological polar surface area (TPSA) is 71.8 Å². The number of pyridine rings is 2. The average molecular weight is 355 g/mol. The van der Waals surface area contributed by atoms with Crippen molar-refractivity contribution in [2.45, 2.75) is 6.54 Å². The summed E-state index contributed by atoms with van der Waals surface area (Å²) in [6, 6.07) is 13.8. The number of carbonyl (C=O) groups excluding carboxylic acids is 1. The molecule has 0 saturated carbocycles. The van der Waals surface area contributed by atoms with Gasteiger partial charge in [0.05, 0.1) is 16.9 Å². The molecule has 1 aromatic carbocycles. The summed E-state index contributed by atoms with van der Waals surface area (Å²) in [4.78, 5) is 21.2. The minimum absolute atomic E-state index is 0.0720. The lowest BCUT2D eigenvalue weighted by Crippen LogP contribution is -2.35. The van der Waals surface area contributed by atoms with Crippen LogP contribution in [0.4, 0.5) is 11.4 Å². The number of benzene rings is 1. The first kappa shape index (κ1) is 15.6. The Hall–Kier alpha value is -3.67. The smallest absolute Gasteiger partial charge is 0.270 e. The Kier molecular flexibility index (Phi) is 3.60. The fourth-order valence-electron chi connectivity index (χ4n) is 3.57. The summed E-state index contributed by atoms with van der Waals surface area (Å²) >= 11 is 0. The average Bonchev–Trinajstić information content (AvgIpc) is 3.09. The van der Waals surface area contributed by atoms with Gasteiger partial charge in [0.15, 0.2) is 0 Å². The molecule has 0 fully saturated rings. The van der Waals surface area contributed by atoms with Crippen LogP contribution in [0, 0.1) is 0 Å². The number of para-hydroxylation sites is 1. The zero-order chi connectivity index (χ0) is 18.2. The van der Waals surface area contributed by atoms with Gasteiger partial charge in [-0.2, -0.15) is 0 Å². The van der Waals surface area contributed by atoms with Gasteiger partial charge in [0.2, 0.25) is 0 Å². The Bertz CT molecular complexity index is 1140. The van der Waals surface area contributed by atoms with Crippen LogP contribution in [-0.4, -0.2) is 27.0 Å². The molecule has 6 nitrogen and oxygen atoms in total. The van der Waals surface area contributed by atoms with Gasteiger partial charge in [-0.15, -0.1) is 0 Å². The third kappa shape index (κ3) is 2.62. The molecule has 1 aliphatic rings. The second-order valence-corrected chi connectivity index (χ2v) is 6.46. The summed E-state index contributed by atoms with van der Waals surface area (Å²) in [7, 11) is 0. The highest BCUT2D eigenvalue weighted by Gasteiger charge is 2.25. The number of aromatic nitrogens is 3. The van der Waals surface area contributed by atoms with Crippen LogP contribution in [0.3, 0.4) is 0 Å². The molecular formula is C21H17N5O. The first-order valence-electron chi connectivity index (χ1n) is 8.84. The maximum absolute atomic E-state index is 12.6. The molecule has 132 valence electrons. The van der Waals surface area contributed by atoms with Crippen molar-refractivity contribution >= 4 is 28.2 Å². The number of hydrogen-bond donors (Lipinski definition) is 2. The molecule has 0 saturated heterocycles. The monoisotopic (exact) mass is 355 g/mol. The van der Waals surface area contributed by atoms with Crippen LogP contribution in [0.15, 0.2) is 67.3 Å². The molecule has 27 heavy (non-hydrogen) atoms. The van der Waals surface area contributed by atoms with Gasteiger partial charge in [-0.05, 0) is 29.8 Å². The van der Waals surface area contributed by atoms with E-state index in [9.17, 15) is 4.79 Å². The maximum Gasteiger partial charge on any atom is 0.270 e. The third-order valence-electron chi connectivity index (χ3n) is 4.82. The summed E-state index contributed by atoms with van der Waals surface area (Å²) in [5, 5.41) is 7.47. The molecule has 2 N–H and O–H groups in total. The van der Waals surface area contributed by atoms with Gasteiger partial charge in [-0.25, -0.2) is 0 Å². The Morgan fingerprint density at radius 2 is 1.89 bits per heavy atom. The Labute approximate surface area is 155 Å². The molecule has 3 aromatic heterocycles. The molecule has 0 atom stereocenters. The predicted molar refractivity (Wildman–Crippen MR) is 105 cm³/mol. The predicted octanol–water partition coefficient (Wildman–Crippen LogP) is 3.59. The summed E-state index contributed by atoms with van der Waals surface area (Å²) in [5.74, 6) is -0.0720. The van der Waals surface area contributed by atoms with Crippen LogP contribution in [0.2, 0.25) is 0 Å². The van der Waals surface area contributed by atoms with E-state index in [2.05, 4.69) is 20.6 Å². The Morgan fingerprint density at radius 3 is 2.78 bits per heavy atom. The molecule has 1 amide bonds. The standard InChI is InChI=1S/C21H17N5O/c27-21-20-19(25-17-5-1-3-15-4-2-8-23-18(15)17)16(13-26(20)12-11-24-21)14-6-9-22-10-7-14/h1-10,13,25H,11-12H2,(H,24,27). The van der Waals surface area contributed by atoms with Crippen molar-refractivity contribution in [2.24, 2.45) is 0 Å². The molecule has 5 rings (SSSR count). The Balaban J connectivity index is 1.71. The summed E-state index contributed by atoms with van der Waals surface area (Å²) < 4.78 is 2.01. The second-order valence-electron chi connectivity index (χ2n) is 6.46. The van der Waals surface area contributed by atoms with E-state index in [1.165, 1.54) is 0 Å². The molecule has 0 unspecified atom stereocenters. The van der Waals surface area contributed by atoms with Gasteiger partial charge in [-0.1, -0.05) is 18.2 Å². The van der Waals surface area contributed by atoms with Gasteiger partial charge in [-0.3, -0.25) is 14.8 Å². The van der Waals surface area contributed by atoms with Crippen molar-refractivity contribution in [3.05, 3.63) is 72.9 Å². The van der Waals surface area contributed by atoms with Crippen molar-refractivity contribution in [1.82, 2.24) is 19.9 Å². The van der Waals surface area contributed by atoms with E-state index >= 15 is 0 Å². The summed E-state index contributed by atoms with van der Waals surface area (Å²) in [6.45, 7) is 1.38. The van der Waals surface area contributed by atoms with Gasteiger partial charge in [0.25, 0.3) is 5.91 Å². The van der Waals surface area contributed by atoms with Gasteiger partial charge >= 0.3 is 0 Å². The molecule has 0 bridgehead atoms. The molecule has 0 spiro atoms. The minimum atomic E-state index is -0.0720. The third-order valence-corrected chi connectivity index (χ3v) is 4.82. The van der Waals surface area contributed by atoms with Gasteiger partial charge in [0.1, 0.15) is 5.69 Å². The SMILES string of the molecule is O=C1NCCn2cc(-c3ccncc3)c(Nc3cccc4cccnc34)c21. The van der Waals surface area contributed by atoms with E-state index in [4.69, 9.17) is 0 Å². The highest BCUT2D eigenvalue weighted by atomic mass is 16.2. The fourth-order valence-corrected chi connectivity index (χ4v) is 3.57. The van der Waals surface area contributed by atoms with Crippen LogP contribution < -0.4 is 10.6 Å². The van der Waals surface area contributed by atoms with E-state index < -0.39 is 0 Å². The number of anilines is 2. The number of rotatable bonds is 3. The first-order valence-corrected chi connectivity index (χ1v) is 8.84. The quantitative estimate of drug-likeness (QED) is 0.589. The molecular weight excluding hydrogens is 338 g/mol. The number of amides is 1. The van der Waals surface area contributed by atoms with E-state index in [1.54, 1.807) is 18.6 Å². The fraction of sp³-hybridized carbons (Fsp3) is 0.0952. The summed E-state index contributed by atoms with van der Waals surface area (Å²) in [6.07, 6.45) is 7.33. The van der Waals surface area contributed by atoms with Crippen molar-refractivity contribution in [3.63, 3.8) is 0 Å². The van der Waals surface area contributed by atoms with Crippen LogP contribution >= 0.6 is 0 Å². The zero-order valence-corrected chi connectivity index (χ0v) is 14.5. The molecule has 0 aliphatic carbocycles. The molecule has 6 heteroatoms. The van der Waals surface area contributed by atoms with Crippen LogP contribution in [0.5, 0.6) is 0 Å². The van der Waals surface area contributed by atoms with Crippen LogP contribution in [-0.2, 0) is 6.54 Å². The highest BCUT2D eigenvalue weighted by Crippen LogP contribution is 2.37. The number of nitrogens with one attached hydrogen (secondary N) is 2. The van der Waals surface area contributed by atoms with E-state index in [0.717, 1.165) is 39.9 Å². The van der Waals surface area contributed by atoms with Crippen molar-refractivity contribution < 1.29 is 4.79 Å². The van der Waals surface area contributed by atoms with Crippen molar-refractivity contribution in [1.29, 1.82) is 0 Å². The zero-order valence-electron chi connectivity index (χ0n) is 14.5. The lowest BCUT2D eigenvalue weighted by Gasteiger charge is -2.18.